The van der Waals surface area contributed by atoms with Gasteiger partial charge in [0.05, 0.1) is 11.5 Å². The number of hydrogen-bond acceptors (Lipinski definition) is 4. The predicted octanol–water partition coefficient (Wildman–Crippen LogP) is 0.815. The van der Waals surface area contributed by atoms with E-state index in [1.807, 2.05) is 0 Å². The first-order valence-corrected chi connectivity index (χ1v) is 8.56. The molecule has 1 heterocycles. The van der Waals surface area contributed by atoms with Crippen molar-refractivity contribution in [1.82, 2.24) is 5.32 Å². The van der Waals surface area contributed by atoms with E-state index in [1.54, 1.807) is 0 Å². The first kappa shape index (κ1) is 13.3. The van der Waals surface area contributed by atoms with Crippen molar-refractivity contribution < 1.29 is 8.42 Å². The van der Waals surface area contributed by atoms with Gasteiger partial charge in [0, 0.05) is 18.1 Å². The van der Waals surface area contributed by atoms with Gasteiger partial charge in [-0.1, -0.05) is 25.7 Å². The Morgan fingerprint density at radius 2 is 1.82 bits per heavy atom. The topological polar surface area (TPSA) is 72.2 Å². The maximum absolute atomic E-state index is 11.6. The monoisotopic (exact) mass is 260 g/mol. The zero-order chi connectivity index (χ0) is 12.4. The van der Waals surface area contributed by atoms with Crippen molar-refractivity contribution in [3.8, 4) is 0 Å². The molecule has 1 unspecified atom stereocenters. The van der Waals surface area contributed by atoms with Gasteiger partial charge in [0.1, 0.15) is 0 Å². The molecule has 0 bridgehead atoms. The molecule has 17 heavy (non-hydrogen) atoms. The normalized spacial score (nSPS) is 34.6. The molecule has 5 heteroatoms. The minimum Gasteiger partial charge on any atom is -0.329 e. The van der Waals surface area contributed by atoms with Crippen LogP contribution in [0.15, 0.2) is 0 Å². The smallest absolute Gasteiger partial charge is 0.152 e. The molecule has 0 aromatic carbocycles. The highest BCUT2D eigenvalue weighted by molar-refractivity contribution is 7.91. The Morgan fingerprint density at radius 1 is 1.18 bits per heavy atom. The highest BCUT2D eigenvalue weighted by Crippen LogP contribution is 2.26. The Morgan fingerprint density at radius 3 is 2.29 bits per heavy atom. The van der Waals surface area contributed by atoms with Gasteiger partial charge in [-0.2, -0.15) is 0 Å². The Bertz CT molecular complexity index is 348. The highest BCUT2D eigenvalue weighted by atomic mass is 32.2. The molecule has 2 rings (SSSR count). The molecule has 0 spiro atoms. The zero-order valence-electron chi connectivity index (χ0n) is 10.5. The van der Waals surface area contributed by atoms with E-state index in [0.29, 0.717) is 24.8 Å². The third kappa shape index (κ3) is 3.42. The van der Waals surface area contributed by atoms with Gasteiger partial charge in [-0.25, -0.2) is 8.42 Å². The lowest BCUT2D eigenvalue weighted by Gasteiger charge is -2.32. The van der Waals surface area contributed by atoms with Gasteiger partial charge in [0.15, 0.2) is 9.84 Å². The van der Waals surface area contributed by atoms with Gasteiger partial charge in [-0.15, -0.1) is 0 Å². The Balaban J connectivity index is 1.99. The molecule has 0 radical (unpaired) electrons. The van der Waals surface area contributed by atoms with Crippen molar-refractivity contribution in [3.63, 3.8) is 0 Å². The Kier molecular flexibility index (Phi) is 4.10. The van der Waals surface area contributed by atoms with Crippen molar-refractivity contribution >= 4 is 9.84 Å². The van der Waals surface area contributed by atoms with E-state index in [2.05, 4.69) is 5.32 Å². The number of nitrogens with one attached hydrogen (secondary N) is 1. The van der Waals surface area contributed by atoms with E-state index < -0.39 is 9.84 Å². The lowest BCUT2D eigenvalue weighted by molar-refractivity contribution is 0.302. The van der Waals surface area contributed by atoms with E-state index in [1.165, 1.54) is 38.5 Å². The van der Waals surface area contributed by atoms with Crippen LogP contribution in [0.25, 0.3) is 0 Å². The van der Waals surface area contributed by atoms with Gasteiger partial charge in [-0.05, 0) is 19.3 Å². The summed E-state index contributed by atoms with van der Waals surface area (Å²) >= 11 is 0. The molecule has 1 saturated heterocycles. The first-order valence-electron chi connectivity index (χ1n) is 6.73. The van der Waals surface area contributed by atoms with E-state index in [0.717, 1.165) is 0 Å². The van der Waals surface area contributed by atoms with Crippen molar-refractivity contribution in [3.05, 3.63) is 0 Å². The second kappa shape index (κ2) is 5.24. The first-order chi connectivity index (χ1) is 8.05. The molecule has 3 N–H and O–H groups in total. The molecule has 0 amide bonds. The molecular formula is C12H24N2O2S. The largest absolute Gasteiger partial charge is 0.329 e. The number of hydrogen-bond donors (Lipinski definition) is 2. The fourth-order valence-electron chi connectivity index (χ4n) is 3.11. The lowest BCUT2D eigenvalue weighted by Crippen LogP contribution is -2.56. The van der Waals surface area contributed by atoms with Gasteiger partial charge in [-0.3, -0.25) is 0 Å². The van der Waals surface area contributed by atoms with Gasteiger partial charge < -0.3 is 11.1 Å². The van der Waals surface area contributed by atoms with Crippen LogP contribution in [0.4, 0.5) is 0 Å². The van der Waals surface area contributed by atoms with Crippen LogP contribution in [0.3, 0.4) is 0 Å². The second-order valence-electron chi connectivity index (χ2n) is 5.66. The maximum Gasteiger partial charge on any atom is 0.152 e. The van der Waals surface area contributed by atoms with Crippen LogP contribution in [0.2, 0.25) is 0 Å². The fraction of sp³-hybridized carbons (Fsp3) is 1.00. The summed E-state index contributed by atoms with van der Waals surface area (Å²) in [5.41, 5.74) is 5.48. The number of nitrogens with two attached hydrogens (primary N) is 1. The standard InChI is InChI=1S/C12H24N2O2S/c13-9-12(7-8-17(15,16)10-12)14-11-5-3-1-2-4-6-11/h11,14H,1-10,13H2. The molecule has 1 aliphatic heterocycles. The molecule has 4 nitrogen and oxygen atoms in total. The molecule has 1 saturated carbocycles. The summed E-state index contributed by atoms with van der Waals surface area (Å²) in [6.07, 6.45) is 8.15. The fourth-order valence-corrected chi connectivity index (χ4v) is 5.14. The summed E-state index contributed by atoms with van der Waals surface area (Å²) in [6, 6.07) is 0.467. The van der Waals surface area contributed by atoms with Crippen LogP contribution in [-0.4, -0.2) is 38.0 Å². The number of rotatable bonds is 3. The summed E-state index contributed by atoms with van der Waals surface area (Å²) in [5.74, 6) is 0.525. The Labute approximate surface area is 104 Å². The SMILES string of the molecule is NCC1(NC2CCCCCC2)CCS(=O)(=O)C1. The summed E-state index contributed by atoms with van der Waals surface area (Å²) in [7, 11) is -2.87. The average molecular weight is 260 g/mol. The third-order valence-corrected chi connectivity index (χ3v) is 5.96. The van der Waals surface area contributed by atoms with E-state index in [4.69, 9.17) is 5.73 Å². The second-order valence-corrected chi connectivity index (χ2v) is 7.84. The van der Waals surface area contributed by atoms with Crippen LogP contribution in [0.1, 0.15) is 44.9 Å². The lowest BCUT2D eigenvalue weighted by atomic mass is 9.96. The van der Waals surface area contributed by atoms with Crippen LogP contribution in [0.5, 0.6) is 0 Å². The zero-order valence-corrected chi connectivity index (χ0v) is 11.3. The molecular weight excluding hydrogens is 236 g/mol. The van der Waals surface area contributed by atoms with E-state index >= 15 is 0 Å². The van der Waals surface area contributed by atoms with E-state index in [-0.39, 0.29) is 11.3 Å². The molecule has 0 aromatic rings. The quantitative estimate of drug-likeness (QED) is 0.737. The van der Waals surface area contributed by atoms with Crippen LogP contribution in [-0.2, 0) is 9.84 Å². The van der Waals surface area contributed by atoms with Crippen molar-refractivity contribution in [2.24, 2.45) is 5.73 Å². The van der Waals surface area contributed by atoms with E-state index in [9.17, 15) is 8.42 Å². The Hall–Kier alpha value is -0.130. The van der Waals surface area contributed by atoms with Gasteiger partial charge in [0.25, 0.3) is 0 Å². The summed E-state index contributed by atoms with van der Waals surface area (Å²) in [6.45, 7) is 0.433. The predicted molar refractivity (Wildman–Crippen MR) is 69.7 cm³/mol. The summed E-state index contributed by atoms with van der Waals surface area (Å²) in [4.78, 5) is 0. The molecule has 1 atom stereocenters. The molecule has 2 aliphatic rings. The van der Waals surface area contributed by atoms with Gasteiger partial charge in [0.2, 0.25) is 0 Å². The van der Waals surface area contributed by atoms with Crippen LogP contribution in [0, 0.1) is 0 Å². The molecule has 2 fully saturated rings. The molecule has 0 aromatic heterocycles. The summed E-state index contributed by atoms with van der Waals surface area (Å²) < 4.78 is 23.2. The third-order valence-electron chi connectivity index (χ3n) is 4.14. The molecule has 100 valence electrons. The minimum absolute atomic E-state index is 0.229. The minimum atomic E-state index is -2.87. The van der Waals surface area contributed by atoms with Crippen molar-refractivity contribution in [2.45, 2.75) is 56.5 Å². The highest BCUT2D eigenvalue weighted by Gasteiger charge is 2.42. The number of sulfone groups is 1. The van der Waals surface area contributed by atoms with Crippen molar-refractivity contribution in [1.29, 1.82) is 0 Å². The average Bonchev–Trinajstić information content (AvgIpc) is 2.47. The van der Waals surface area contributed by atoms with Crippen LogP contribution < -0.4 is 11.1 Å². The molecule has 1 aliphatic carbocycles. The van der Waals surface area contributed by atoms with Crippen molar-refractivity contribution in [2.75, 3.05) is 18.1 Å². The van der Waals surface area contributed by atoms with Crippen LogP contribution >= 0.6 is 0 Å². The van der Waals surface area contributed by atoms with Gasteiger partial charge >= 0.3 is 0 Å². The summed E-state index contributed by atoms with van der Waals surface area (Å²) in [5, 5.41) is 3.57. The maximum atomic E-state index is 11.6.